The van der Waals surface area contributed by atoms with Crippen LogP contribution in [0.15, 0.2) is 9.59 Å². The molecule has 2 atom stereocenters. The van der Waals surface area contributed by atoms with Gasteiger partial charge in [-0.1, -0.05) is 6.92 Å². The summed E-state index contributed by atoms with van der Waals surface area (Å²) >= 11 is 0. The Hall–Kier alpha value is -1.59. The van der Waals surface area contributed by atoms with Crippen LogP contribution in [0.3, 0.4) is 0 Å². The van der Waals surface area contributed by atoms with Crippen molar-refractivity contribution in [2.45, 2.75) is 19.4 Å². The second kappa shape index (κ2) is 2.72. The summed E-state index contributed by atoms with van der Waals surface area (Å²) in [6, 6.07) is 0.319. The highest BCUT2D eigenvalue weighted by Gasteiger charge is 2.33. The van der Waals surface area contributed by atoms with Gasteiger partial charge >= 0.3 is 5.69 Å². The molecule has 0 amide bonds. The van der Waals surface area contributed by atoms with Gasteiger partial charge in [-0.25, -0.2) is 9.89 Å². The monoisotopic (exact) mass is 182 g/mol. The predicted molar refractivity (Wildman–Crippen MR) is 46.7 cm³/mol. The molecular formula is C7H10N4O2. The van der Waals surface area contributed by atoms with Crippen molar-refractivity contribution in [1.82, 2.24) is 15.2 Å². The van der Waals surface area contributed by atoms with E-state index in [-0.39, 0.29) is 5.82 Å². The first kappa shape index (κ1) is 8.03. The second-order valence-corrected chi connectivity index (χ2v) is 3.32. The molecule has 0 spiro atoms. The highest BCUT2D eigenvalue weighted by Crippen LogP contribution is 2.31. The molecule has 1 aromatic heterocycles. The normalized spacial score (nSPS) is 25.6. The van der Waals surface area contributed by atoms with E-state index in [4.69, 9.17) is 0 Å². The van der Waals surface area contributed by atoms with Gasteiger partial charge in [0.05, 0.1) is 0 Å². The zero-order valence-corrected chi connectivity index (χ0v) is 7.13. The lowest BCUT2D eigenvalue weighted by Gasteiger charge is -1.99. The van der Waals surface area contributed by atoms with Crippen LogP contribution < -0.4 is 16.6 Å². The van der Waals surface area contributed by atoms with Crippen LogP contribution >= 0.6 is 0 Å². The molecule has 6 nitrogen and oxygen atoms in total. The minimum atomic E-state index is -0.584. The fourth-order valence-electron chi connectivity index (χ4n) is 1.14. The summed E-state index contributed by atoms with van der Waals surface area (Å²) in [5.74, 6) is 0.766. The Kier molecular flexibility index (Phi) is 1.68. The molecule has 1 fully saturated rings. The number of hydrogen-bond donors (Lipinski definition) is 3. The summed E-state index contributed by atoms with van der Waals surface area (Å²) in [5, 5.41) is 8.70. The summed E-state index contributed by atoms with van der Waals surface area (Å²) in [5.41, 5.74) is -1.05. The van der Waals surface area contributed by atoms with Crippen molar-refractivity contribution in [3.8, 4) is 0 Å². The maximum atomic E-state index is 11.1. The minimum absolute atomic E-state index is 0.189. The van der Waals surface area contributed by atoms with Gasteiger partial charge < -0.3 is 5.32 Å². The first-order valence-electron chi connectivity index (χ1n) is 4.12. The van der Waals surface area contributed by atoms with E-state index in [1.54, 1.807) is 0 Å². The van der Waals surface area contributed by atoms with Crippen molar-refractivity contribution in [1.29, 1.82) is 0 Å². The largest absolute Gasteiger partial charge is 0.361 e. The molecule has 1 aliphatic carbocycles. The first-order valence-corrected chi connectivity index (χ1v) is 4.12. The molecular weight excluding hydrogens is 172 g/mol. The quantitative estimate of drug-likeness (QED) is 0.563. The average Bonchev–Trinajstić information content (AvgIpc) is 2.73. The number of aromatic amines is 2. The lowest BCUT2D eigenvalue weighted by molar-refractivity contribution is 0.863. The average molecular weight is 182 g/mol. The molecule has 3 N–H and O–H groups in total. The first-order chi connectivity index (χ1) is 6.16. The van der Waals surface area contributed by atoms with E-state index < -0.39 is 11.2 Å². The Morgan fingerprint density at radius 2 is 2.23 bits per heavy atom. The van der Waals surface area contributed by atoms with E-state index in [0.29, 0.717) is 12.0 Å². The van der Waals surface area contributed by atoms with Gasteiger partial charge in [-0.05, 0) is 12.3 Å². The maximum absolute atomic E-state index is 11.1. The molecule has 6 heteroatoms. The van der Waals surface area contributed by atoms with Gasteiger partial charge in [-0.3, -0.25) is 9.78 Å². The number of hydrogen-bond acceptors (Lipinski definition) is 4. The van der Waals surface area contributed by atoms with Crippen LogP contribution in [0.5, 0.6) is 0 Å². The van der Waals surface area contributed by atoms with E-state index in [1.165, 1.54) is 0 Å². The lowest BCUT2D eigenvalue weighted by atomic mass is 10.5. The molecule has 1 aliphatic rings. The van der Waals surface area contributed by atoms with Crippen LogP contribution in [0.1, 0.15) is 13.3 Å². The van der Waals surface area contributed by atoms with Crippen molar-refractivity contribution in [2.75, 3.05) is 5.32 Å². The number of anilines is 1. The summed E-state index contributed by atoms with van der Waals surface area (Å²) in [6.45, 7) is 2.08. The Bertz CT molecular complexity index is 421. The number of nitrogens with zero attached hydrogens (tertiary/aromatic N) is 1. The molecule has 1 heterocycles. The Morgan fingerprint density at radius 1 is 1.54 bits per heavy atom. The molecule has 0 saturated heterocycles. The number of aromatic nitrogens is 3. The molecule has 1 saturated carbocycles. The highest BCUT2D eigenvalue weighted by atomic mass is 16.2. The minimum Gasteiger partial charge on any atom is -0.361 e. The molecule has 0 bridgehead atoms. The lowest BCUT2D eigenvalue weighted by Crippen LogP contribution is -2.27. The number of nitrogens with one attached hydrogen (secondary N) is 3. The van der Waals surface area contributed by atoms with Crippen LogP contribution in [-0.4, -0.2) is 21.2 Å². The molecule has 13 heavy (non-hydrogen) atoms. The number of H-pyrrole nitrogens is 2. The third-order valence-electron chi connectivity index (χ3n) is 2.14. The van der Waals surface area contributed by atoms with Crippen molar-refractivity contribution < 1.29 is 0 Å². The summed E-state index contributed by atoms with van der Waals surface area (Å²) in [6.07, 6.45) is 1.04. The van der Waals surface area contributed by atoms with E-state index in [1.807, 2.05) is 0 Å². The maximum Gasteiger partial charge on any atom is 0.342 e. The van der Waals surface area contributed by atoms with Crippen LogP contribution in [0, 0.1) is 5.92 Å². The van der Waals surface area contributed by atoms with Gasteiger partial charge in [0.2, 0.25) is 5.82 Å². The third-order valence-corrected chi connectivity index (χ3v) is 2.14. The SMILES string of the molecule is CC1CC1Nc1n[nH]c(=O)[nH]c1=O. The van der Waals surface area contributed by atoms with Crippen LogP contribution in [-0.2, 0) is 0 Å². The van der Waals surface area contributed by atoms with Gasteiger partial charge in [0.15, 0.2) is 0 Å². The van der Waals surface area contributed by atoms with Gasteiger partial charge in [0.1, 0.15) is 0 Å². The molecule has 70 valence electrons. The van der Waals surface area contributed by atoms with Crippen molar-refractivity contribution >= 4 is 5.82 Å². The molecule has 2 unspecified atom stereocenters. The molecule has 2 rings (SSSR count). The molecule has 0 aromatic carbocycles. The van der Waals surface area contributed by atoms with Crippen LogP contribution in [0.25, 0.3) is 0 Å². The van der Waals surface area contributed by atoms with Crippen molar-refractivity contribution in [3.63, 3.8) is 0 Å². The second-order valence-electron chi connectivity index (χ2n) is 3.32. The van der Waals surface area contributed by atoms with Crippen LogP contribution in [0.4, 0.5) is 5.82 Å². The van der Waals surface area contributed by atoms with Crippen molar-refractivity contribution in [3.05, 3.63) is 20.8 Å². The van der Waals surface area contributed by atoms with Gasteiger partial charge in [0, 0.05) is 6.04 Å². The highest BCUT2D eigenvalue weighted by molar-refractivity contribution is 5.33. The van der Waals surface area contributed by atoms with E-state index >= 15 is 0 Å². The van der Waals surface area contributed by atoms with Gasteiger partial charge in [-0.2, -0.15) is 0 Å². The van der Waals surface area contributed by atoms with Gasteiger partial charge in [0.25, 0.3) is 5.56 Å². The topological polar surface area (TPSA) is 90.6 Å². The van der Waals surface area contributed by atoms with E-state index in [2.05, 4.69) is 27.4 Å². The summed E-state index contributed by atoms with van der Waals surface area (Å²) in [4.78, 5) is 23.8. The Labute approximate surface area is 73.4 Å². The zero-order chi connectivity index (χ0) is 9.42. The molecule has 1 aromatic rings. The Balaban J connectivity index is 2.21. The van der Waals surface area contributed by atoms with E-state index in [0.717, 1.165) is 6.42 Å². The Morgan fingerprint density at radius 3 is 2.77 bits per heavy atom. The predicted octanol–water partition coefficient (Wildman–Crippen LogP) is -0.722. The summed E-state index contributed by atoms with van der Waals surface area (Å²) in [7, 11) is 0. The fraction of sp³-hybridized carbons (Fsp3) is 0.571. The molecule has 0 aliphatic heterocycles. The number of rotatable bonds is 2. The third kappa shape index (κ3) is 1.61. The molecule has 0 radical (unpaired) electrons. The smallest absolute Gasteiger partial charge is 0.342 e. The summed E-state index contributed by atoms with van der Waals surface area (Å²) < 4.78 is 0. The zero-order valence-electron chi connectivity index (χ0n) is 7.13. The van der Waals surface area contributed by atoms with Crippen LogP contribution in [0.2, 0.25) is 0 Å². The van der Waals surface area contributed by atoms with Gasteiger partial charge in [-0.15, -0.1) is 5.10 Å². The fourth-order valence-corrected chi connectivity index (χ4v) is 1.14. The van der Waals surface area contributed by atoms with Crippen molar-refractivity contribution in [2.24, 2.45) is 5.92 Å². The van der Waals surface area contributed by atoms with E-state index in [9.17, 15) is 9.59 Å². The standard InChI is InChI=1S/C7H10N4O2/c1-3-2-4(3)8-5-6(12)9-7(13)11-10-5/h3-4H,2H2,1H3,(H,8,10)(H2,9,11,12,13).